The van der Waals surface area contributed by atoms with Crippen molar-refractivity contribution in [3.63, 3.8) is 0 Å². The molecule has 0 saturated carbocycles. The quantitative estimate of drug-likeness (QED) is 0.587. The molecule has 0 fully saturated rings. The monoisotopic (exact) mass is 370 g/mol. The maximum atomic E-state index is 5.25. The number of benzene rings is 1. The van der Waals surface area contributed by atoms with Gasteiger partial charge in [-0.1, -0.05) is 55.5 Å². The van der Waals surface area contributed by atoms with Gasteiger partial charge in [0, 0.05) is 23.3 Å². The van der Waals surface area contributed by atoms with E-state index in [-0.39, 0.29) is 0 Å². The Morgan fingerprint density at radius 2 is 1.28 bits per heavy atom. The zero-order chi connectivity index (χ0) is 13.4. The molecule has 0 aromatic heterocycles. The highest BCUT2D eigenvalue weighted by atomic mass is 79.9. The van der Waals surface area contributed by atoms with Crippen molar-refractivity contribution in [2.75, 3.05) is 24.9 Å². The van der Waals surface area contributed by atoms with Crippen molar-refractivity contribution in [1.29, 1.82) is 0 Å². The second-order valence-corrected chi connectivity index (χ2v) is 4.25. The van der Waals surface area contributed by atoms with Gasteiger partial charge in [0.1, 0.15) is 0 Å². The van der Waals surface area contributed by atoms with E-state index < -0.39 is 0 Å². The number of methoxy groups -OCH3 is 2. The van der Waals surface area contributed by atoms with Crippen LogP contribution in [0.2, 0.25) is 0 Å². The molecule has 18 heavy (non-hydrogen) atoms. The molecule has 0 N–H and O–H groups in total. The highest BCUT2D eigenvalue weighted by molar-refractivity contribution is 9.09. The molecule has 0 unspecified atom stereocenters. The Bertz CT molecular complexity index is 481. The molecule has 0 aliphatic carbocycles. The van der Waals surface area contributed by atoms with Crippen LogP contribution in [0.1, 0.15) is 11.1 Å². The lowest BCUT2D eigenvalue weighted by atomic mass is 10.1. The van der Waals surface area contributed by atoms with Crippen LogP contribution in [0.3, 0.4) is 0 Å². The van der Waals surface area contributed by atoms with Crippen molar-refractivity contribution in [3.8, 4) is 35.2 Å². The van der Waals surface area contributed by atoms with Crippen molar-refractivity contribution in [2.45, 2.75) is 0 Å². The van der Waals surface area contributed by atoms with Crippen LogP contribution in [0.25, 0.3) is 0 Å². The fourth-order valence-electron chi connectivity index (χ4n) is 1.34. The first-order valence-electron chi connectivity index (χ1n) is 5.12. The van der Waals surface area contributed by atoms with Crippen molar-refractivity contribution >= 4 is 31.9 Å². The Hall–Kier alpha value is -1.10. The predicted molar refractivity (Wildman–Crippen MR) is 80.9 cm³/mol. The molecule has 0 radical (unpaired) electrons. The Morgan fingerprint density at radius 1 is 0.889 bits per heavy atom. The number of hydrogen-bond donors (Lipinski definition) is 0. The summed E-state index contributed by atoms with van der Waals surface area (Å²) < 4.78 is 10.5. The van der Waals surface area contributed by atoms with E-state index in [1.807, 2.05) is 12.1 Å². The first-order chi connectivity index (χ1) is 8.76. The zero-order valence-electron chi connectivity index (χ0n) is 10.1. The maximum Gasteiger partial charge on any atom is 0.162 e. The van der Waals surface area contributed by atoms with Gasteiger partial charge >= 0.3 is 0 Å². The standard InChI is InChI=1S/C14H12Br2O2/c1-17-13-9-11(5-3-7-15)12(6-4-8-16)10-14(13)18-2/h9-10H,7-8H2,1-2H3. The largest absolute Gasteiger partial charge is 0.493 e. The molecule has 0 saturated heterocycles. The van der Waals surface area contributed by atoms with Crippen molar-refractivity contribution in [1.82, 2.24) is 0 Å². The summed E-state index contributed by atoms with van der Waals surface area (Å²) in [6, 6.07) is 3.68. The van der Waals surface area contributed by atoms with Crippen LogP contribution in [0.15, 0.2) is 12.1 Å². The first kappa shape index (κ1) is 15.0. The molecule has 0 aliphatic rings. The average Bonchev–Trinajstić information content (AvgIpc) is 2.42. The molecule has 0 atom stereocenters. The van der Waals surface area contributed by atoms with Gasteiger partial charge in [-0.2, -0.15) is 0 Å². The maximum absolute atomic E-state index is 5.25. The van der Waals surface area contributed by atoms with Crippen molar-refractivity contribution < 1.29 is 9.47 Å². The van der Waals surface area contributed by atoms with E-state index in [2.05, 4.69) is 55.5 Å². The van der Waals surface area contributed by atoms with Crippen LogP contribution in [0.5, 0.6) is 11.5 Å². The van der Waals surface area contributed by atoms with Gasteiger partial charge in [-0.25, -0.2) is 0 Å². The molecule has 1 aromatic rings. The molecule has 0 spiro atoms. The highest BCUT2D eigenvalue weighted by Crippen LogP contribution is 2.29. The van der Waals surface area contributed by atoms with Crippen LogP contribution < -0.4 is 9.47 Å². The van der Waals surface area contributed by atoms with Crippen molar-refractivity contribution in [3.05, 3.63) is 23.3 Å². The van der Waals surface area contributed by atoms with Gasteiger partial charge in [0.15, 0.2) is 11.5 Å². The minimum absolute atomic E-state index is 0.618. The van der Waals surface area contributed by atoms with E-state index >= 15 is 0 Å². The average molecular weight is 372 g/mol. The molecule has 1 rings (SSSR count). The third-order valence-corrected chi connectivity index (χ3v) is 2.66. The lowest BCUT2D eigenvalue weighted by Crippen LogP contribution is -1.94. The number of rotatable bonds is 2. The van der Waals surface area contributed by atoms with Crippen molar-refractivity contribution in [2.24, 2.45) is 0 Å². The summed E-state index contributed by atoms with van der Waals surface area (Å²) in [5.41, 5.74) is 1.67. The van der Waals surface area contributed by atoms with E-state index in [1.54, 1.807) is 14.2 Å². The Balaban J connectivity index is 3.35. The molecule has 0 amide bonds. The number of alkyl halides is 2. The molecular weight excluding hydrogens is 360 g/mol. The minimum Gasteiger partial charge on any atom is -0.493 e. The van der Waals surface area contributed by atoms with Crippen LogP contribution in [0, 0.1) is 23.7 Å². The van der Waals surface area contributed by atoms with E-state index in [9.17, 15) is 0 Å². The number of halogens is 2. The Morgan fingerprint density at radius 3 is 1.56 bits per heavy atom. The molecule has 2 nitrogen and oxygen atoms in total. The summed E-state index contributed by atoms with van der Waals surface area (Å²) in [6.07, 6.45) is 0. The molecule has 0 heterocycles. The highest BCUT2D eigenvalue weighted by Gasteiger charge is 2.08. The molecular formula is C14H12Br2O2. The lowest BCUT2D eigenvalue weighted by molar-refractivity contribution is 0.355. The molecule has 4 heteroatoms. The summed E-state index contributed by atoms with van der Waals surface area (Å²) in [7, 11) is 3.20. The third-order valence-electron chi connectivity index (χ3n) is 2.10. The number of ether oxygens (including phenoxy) is 2. The fraction of sp³-hybridized carbons (Fsp3) is 0.286. The second-order valence-electron chi connectivity index (χ2n) is 3.12. The Labute approximate surface area is 124 Å². The fourth-order valence-corrected chi connectivity index (χ4v) is 1.62. The third kappa shape index (κ3) is 3.98. The summed E-state index contributed by atoms with van der Waals surface area (Å²) in [4.78, 5) is 0. The first-order valence-corrected chi connectivity index (χ1v) is 7.36. The molecule has 0 bridgehead atoms. The van der Waals surface area contributed by atoms with Crippen LogP contribution in [-0.2, 0) is 0 Å². The van der Waals surface area contributed by atoms with E-state index in [1.165, 1.54) is 0 Å². The normalized spacial score (nSPS) is 8.67. The van der Waals surface area contributed by atoms with Crippen LogP contribution >= 0.6 is 31.9 Å². The van der Waals surface area contributed by atoms with Crippen LogP contribution in [0.4, 0.5) is 0 Å². The lowest BCUT2D eigenvalue weighted by Gasteiger charge is -2.09. The Kier molecular flexibility index (Phi) is 6.72. The van der Waals surface area contributed by atoms with Gasteiger partial charge < -0.3 is 9.47 Å². The van der Waals surface area contributed by atoms with Gasteiger partial charge in [-0.3, -0.25) is 0 Å². The van der Waals surface area contributed by atoms with E-state index in [0.29, 0.717) is 22.2 Å². The second kappa shape index (κ2) is 8.08. The van der Waals surface area contributed by atoms with Gasteiger partial charge in [0.05, 0.1) is 24.9 Å². The molecule has 1 aromatic carbocycles. The number of hydrogen-bond acceptors (Lipinski definition) is 2. The topological polar surface area (TPSA) is 18.5 Å². The predicted octanol–water partition coefficient (Wildman–Crippen LogP) is 3.20. The minimum atomic E-state index is 0.618. The smallest absolute Gasteiger partial charge is 0.162 e. The van der Waals surface area contributed by atoms with Crippen LogP contribution in [-0.4, -0.2) is 24.9 Å². The summed E-state index contributed by atoms with van der Waals surface area (Å²) in [5.74, 6) is 13.3. The SMILES string of the molecule is COc1cc(C#CCBr)c(C#CCBr)cc1OC. The molecule has 0 aliphatic heterocycles. The molecule has 94 valence electrons. The summed E-state index contributed by atoms with van der Waals surface area (Å²) in [5, 5.41) is 1.24. The summed E-state index contributed by atoms with van der Waals surface area (Å²) >= 11 is 6.55. The van der Waals surface area contributed by atoms with E-state index in [0.717, 1.165) is 11.1 Å². The van der Waals surface area contributed by atoms with Gasteiger partial charge in [0.25, 0.3) is 0 Å². The van der Waals surface area contributed by atoms with Gasteiger partial charge in [0.2, 0.25) is 0 Å². The van der Waals surface area contributed by atoms with Gasteiger partial charge in [-0.05, 0) is 0 Å². The zero-order valence-corrected chi connectivity index (χ0v) is 13.3. The van der Waals surface area contributed by atoms with Gasteiger partial charge in [-0.15, -0.1) is 0 Å². The summed E-state index contributed by atoms with van der Waals surface area (Å²) in [6.45, 7) is 0. The van der Waals surface area contributed by atoms with E-state index in [4.69, 9.17) is 9.47 Å².